The summed E-state index contributed by atoms with van der Waals surface area (Å²) in [4.78, 5) is 4.09. The minimum atomic E-state index is 0.447. The van der Waals surface area contributed by atoms with Crippen molar-refractivity contribution in [2.24, 2.45) is 5.92 Å². The standard InChI is InChI=1S/C12H15N/c1-5-11-6-7-13-8-12(11)10(4)9(2)3/h5-9H,1,4H2,2-3H3. The highest BCUT2D eigenvalue weighted by Crippen LogP contribution is 2.23. The van der Waals surface area contributed by atoms with E-state index in [0.717, 1.165) is 16.7 Å². The number of rotatable bonds is 3. The van der Waals surface area contributed by atoms with Crippen LogP contribution in [0.25, 0.3) is 11.6 Å². The van der Waals surface area contributed by atoms with Gasteiger partial charge in [-0.05, 0) is 23.1 Å². The predicted molar refractivity (Wildman–Crippen MR) is 58.2 cm³/mol. The van der Waals surface area contributed by atoms with Gasteiger partial charge >= 0.3 is 0 Å². The molecule has 0 aromatic carbocycles. The molecule has 1 aromatic rings. The van der Waals surface area contributed by atoms with Gasteiger partial charge in [-0.1, -0.05) is 33.1 Å². The molecule has 0 fully saturated rings. The van der Waals surface area contributed by atoms with Gasteiger partial charge in [0.15, 0.2) is 0 Å². The summed E-state index contributed by atoms with van der Waals surface area (Å²) in [6, 6.07) is 1.95. The van der Waals surface area contributed by atoms with E-state index in [-0.39, 0.29) is 0 Å². The Morgan fingerprint density at radius 2 is 2.23 bits per heavy atom. The number of pyridine rings is 1. The van der Waals surface area contributed by atoms with Crippen LogP contribution in [0.1, 0.15) is 25.0 Å². The molecule has 0 saturated carbocycles. The van der Waals surface area contributed by atoms with Crippen LogP contribution in [-0.2, 0) is 0 Å². The molecule has 1 rings (SSSR count). The van der Waals surface area contributed by atoms with Crippen molar-refractivity contribution in [2.75, 3.05) is 0 Å². The average Bonchev–Trinajstić information content (AvgIpc) is 2.16. The molecule has 1 heterocycles. The Labute approximate surface area is 79.8 Å². The van der Waals surface area contributed by atoms with Crippen molar-refractivity contribution >= 4 is 11.6 Å². The first kappa shape index (κ1) is 9.72. The Hall–Kier alpha value is -1.37. The summed E-state index contributed by atoms with van der Waals surface area (Å²) < 4.78 is 0. The van der Waals surface area contributed by atoms with E-state index in [0.29, 0.717) is 5.92 Å². The molecule has 0 spiro atoms. The van der Waals surface area contributed by atoms with E-state index >= 15 is 0 Å². The third-order valence-corrected chi connectivity index (χ3v) is 2.12. The zero-order valence-electron chi connectivity index (χ0n) is 8.25. The van der Waals surface area contributed by atoms with Crippen LogP contribution < -0.4 is 0 Å². The Morgan fingerprint density at radius 1 is 1.54 bits per heavy atom. The Kier molecular flexibility index (Phi) is 3.02. The lowest BCUT2D eigenvalue weighted by atomic mass is 9.95. The van der Waals surface area contributed by atoms with Crippen molar-refractivity contribution in [1.29, 1.82) is 0 Å². The van der Waals surface area contributed by atoms with Crippen LogP contribution in [0.2, 0.25) is 0 Å². The Bertz CT molecular complexity index is 324. The fourth-order valence-electron chi connectivity index (χ4n) is 1.16. The summed E-state index contributed by atoms with van der Waals surface area (Å²) in [7, 11) is 0. The number of hydrogen-bond acceptors (Lipinski definition) is 1. The summed E-state index contributed by atoms with van der Waals surface area (Å²) in [6.07, 6.45) is 5.46. The smallest absolute Gasteiger partial charge is 0.0348 e. The minimum absolute atomic E-state index is 0.447. The van der Waals surface area contributed by atoms with Gasteiger partial charge in [0, 0.05) is 18.0 Å². The van der Waals surface area contributed by atoms with Gasteiger partial charge in [-0.2, -0.15) is 0 Å². The first-order chi connectivity index (χ1) is 6.16. The van der Waals surface area contributed by atoms with E-state index < -0.39 is 0 Å². The van der Waals surface area contributed by atoms with Crippen LogP contribution in [0.3, 0.4) is 0 Å². The molecule has 1 nitrogen and oxygen atoms in total. The molecular formula is C12H15N. The Balaban J connectivity index is 3.13. The zero-order chi connectivity index (χ0) is 9.84. The highest BCUT2D eigenvalue weighted by molar-refractivity contribution is 5.72. The van der Waals surface area contributed by atoms with Crippen LogP contribution in [0.15, 0.2) is 31.6 Å². The number of allylic oxidation sites excluding steroid dienone is 1. The van der Waals surface area contributed by atoms with E-state index in [9.17, 15) is 0 Å². The normalized spacial score (nSPS) is 10.1. The zero-order valence-corrected chi connectivity index (χ0v) is 8.25. The molecule has 1 heteroatoms. The van der Waals surface area contributed by atoms with Crippen molar-refractivity contribution in [1.82, 2.24) is 4.98 Å². The second kappa shape index (κ2) is 4.04. The molecule has 0 saturated heterocycles. The SMILES string of the molecule is C=Cc1ccncc1C(=C)C(C)C. The van der Waals surface area contributed by atoms with Gasteiger partial charge < -0.3 is 0 Å². The topological polar surface area (TPSA) is 12.9 Å². The maximum Gasteiger partial charge on any atom is 0.0348 e. The summed E-state index contributed by atoms with van der Waals surface area (Å²) in [5, 5.41) is 0. The van der Waals surface area contributed by atoms with Crippen molar-refractivity contribution in [3.8, 4) is 0 Å². The van der Waals surface area contributed by atoms with Gasteiger partial charge in [0.2, 0.25) is 0 Å². The monoisotopic (exact) mass is 173 g/mol. The molecule has 0 amide bonds. The highest BCUT2D eigenvalue weighted by atomic mass is 14.6. The van der Waals surface area contributed by atoms with Crippen LogP contribution in [0.5, 0.6) is 0 Å². The molecule has 13 heavy (non-hydrogen) atoms. The van der Waals surface area contributed by atoms with E-state index in [1.807, 2.05) is 18.3 Å². The number of nitrogens with zero attached hydrogens (tertiary/aromatic N) is 1. The maximum absolute atomic E-state index is 4.09. The molecular weight excluding hydrogens is 158 g/mol. The molecule has 0 radical (unpaired) electrons. The van der Waals surface area contributed by atoms with Crippen LogP contribution in [0.4, 0.5) is 0 Å². The first-order valence-electron chi connectivity index (χ1n) is 4.42. The molecule has 0 atom stereocenters. The summed E-state index contributed by atoms with van der Waals surface area (Å²) in [6.45, 7) is 12.1. The number of hydrogen-bond donors (Lipinski definition) is 0. The lowest BCUT2D eigenvalue weighted by Crippen LogP contribution is -1.95. The molecule has 0 aliphatic carbocycles. The van der Waals surface area contributed by atoms with Crippen LogP contribution >= 0.6 is 0 Å². The van der Waals surface area contributed by atoms with Crippen molar-refractivity contribution in [2.45, 2.75) is 13.8 Å². The first-order valence-corrected chi connectivity index (χ1v) is 4.42. The molecule has 0 aliphatic heterocycles. The summed E-state index contributed by atoms with van der Waals surface area (Å²) >= 11 is 0. The molecule has 0 bridgehead atoms. The highest BCUT2D eigenvalue weighted by Gasteiger charge is 2.06. The molecule has 0 unspecified atom stereocenters. The average molecular weight is 173 g/mol. The Morgan fingerprint density at radius 3 is 2.77 bits per heavy atom. The van der Waals surface area contributed by atoms with E-state index in [2.05, 4.69) is 32.0 Å². The molecule has 1 aromatic heterocycles. The summed E-state index contributed by atoms with van der Waals surface area (Å²) in [5.74, 6) is 0.447. The van der Waals surface area contributed by atoms with E-state index in [4.69, 9.17) is 0 Å². The van der Waals surface area contributed by atoms with Crippen molar-refractivity contribution in [3.63, 3.8) is 0 Å². The fraction of sp³-hybridized carbons (Fsp3) is 0.250. The van der Waals surface area contributed by atoms with Crippen molar-refractivity contribution in [3.05, 3.63) is 42.7 Å². The molecule has 0 N–H and O–H groups in total. The van der Waals surface area contributed by atoms with Gasteiger partial charge in [-0.15, -0.1) is 0 Å². The van der Waals surface area contributed by atoms with Gasteiger partial charge in [-0.3, -0.25) is 4.98 Å². The molecule has 68 valence electrons. The van der Waals surface area contributed by atoms with Gasteiger partial charge in [0.25, 0.3) is 0 Å². The second-order valence-electron chi connectivity index (χ2n) is 3.35. The largest absolute Gasteiger partial charge is 0.264 e. The van der Waals surface area contributed by atoms with Gasteiger partial charge in [0.1, 0.15) is 0 Å². The quantitative estimate of drug-likeness (QED) is 0.682. The number of aromatic nitrogens is 1. The van der Waals surface area contributed by atoms with E-state index in [1.54, 1.807) is 6.20 Å². The lowest BCUT2D eigenvalue weighted by molar-refractivity contribution is 0.856. The fourth-order valence-corrected chi connectivity index (χ4v) is 1.16. The van der Waals surface area contributed by atoms with Crippen LogP contribution in [0, 0.1) is 5.92 Å². The predicted octanol–water partition coefficient (Wildman–Crippen LogP) is 3.39. The maximum atomic E-state index is 4.09. The minimum Gasteiger partial charge on any atom is -0.264 e. The third kappa shape index (κ3) is 2.05. The van der Waals surface area contributed by atoms with Crippen LogP contribution in [-0.4, -0.2) is 4.98 Å². The van der Waals surface area contributed by atoms with Gasteiger partial charge in [-0.25, -0.2) is 0 Å². The lowest BCUT2D eigenvalue weighted by Gasteiger charge is -2.11. The van der Waals surface area contributed by atoms with Gasteiger partial charge in [0.05, 0.1) is 0 Å². The third-order valence-electron chi connectivity index (χ3n) is 2.12. The van der Waals surface area contributed by atoms with Crippen molar-refractivity contribution < 1.29 is 0 Å². The second-order valence-corrected chi connectivity index (χ2v) is 3.35. The summed E-state index contributed by atoms with van der Waals surface area (Å²) in [5.41, 5.74) is 3.32. The molecule has 0 aliphatic rings. The van der Waals surface area contributed by atoms with E-state index in [1.165, 1.54) is 0 Å².